The zero-order valence-corrected chi connectivity index (χ0v) is 16.5. The monoisotopic (exact) mass is 364 g/mol. The summed E-state index contributed by atoms with van der Waals surface area (Å²) in [4.78, 5) is 14.9. The predicted octanol–water partition coefficient (Wildman–Crippen LogP) is 2.64. The van der Waals surface area contributed by atoms with E-state index in [2.05, 4.69) is 17.1 Å². The zero-order valence-electron chi connectivity index (χ0n) is 16.5. The lowest BCUT2D eigenvalue weighted by atomic mass is 10.0. The number of nitrogens with zero attached hydrogens (tertiary/aromatic N) is 1. The van der Waals surface area contributed by atoms with Gasteiger partial charge in [0.2, 0.25) is 11.7 Å². The first-order valence-electron chi connectivity index (χ1n) is 9.43. The highest BCUT2D eigenvalue weighted by molar-refractivity contribution is 5.77. The summed E-state index contributed by atoms with van der Waals surface area (Å²) in [6, 6.07) is 4.20. The van der Waals surface area contributed by atoms with Gasteiger partial charge in [0.05, 0.1) is 21.3 Å². The van der Waals surface area contributed by atoms with E-state index in [0.717, 1.165) is 44.5 Å². The number of ether oxygens (including phenoxy) is 3. The van der Waals surface area contributed by atoms with Crippen LogP contribution in [0.3, 0.4) is 0 Å². The number of aryl methyl sites for hydroxylation is 1. The quantitative estimate of drug-likeness (QED) is 0.730. The summed E-state index contributed by atoms with van der Waals surface area (Å²) in [5.74, 6) is 2.05. The molecule has 1 aliphatic heterocycles. The van der Waals surface area contributed by atoms with Crippen LogP contribution in [-0.2, 0) is 11.2 Å². The molecule has 1 aromatic rings. The molecule has 1 heterocycles. The molecule has 6 heteroatoms. The van der Waals surface area contributed by atoms with Crippen LogP contribution in [0, 0.1) is 0 Å². The first-order chi connectivity index (χ1) is 12.6. The third-order valence-electron chi connectivity index (χ3n) is 4.89. The normalized spacial score (nSPS) is 14.8. The van der Waals surface area contributed by atoms with Crippen molar-refractivity contribution in [3.8, 4) is 17.2 Å². The Morgan fingerprint density at radius 1 is 1.12 bits per heavy atom. The molecule has 0 saturated carbocycles. The molecular formula is C20H32N2O4. The SMILES string of the molecule is CCCN(C(=O)CCc1cc(OC)c(OC)c(OC)c1)C1CCNCC1. The molecule has 0 bridgehead atoms. The largest absolute Gasteiger partial charge is 0.493 e. The van der Waals surface area contributed by atoms with Crippen LogP contribution < -0.4 is 19.5 Å². The predicted molar refractivity (Wildman–Crippen MR) is 102 cm³/mol. The summed E-state index contributed by atoms with van der Waals surface area (Å²) in [6.45, 7) is 4.94. The maximum atomic E-state index is 12.9. The van der Waals surface area contributed by atoms with Crippen molar-refractivity contribution in [1.82, 2.24) is 10.2 Å². The van der Waals surface area contributed by atoms with Crippen molar-refractivity contribution in [1.29, 1.82) is 0 Å². The summed E-state index contributed by atoms with van der Waals surface area (Å²) in [7, 11) is 4.80. The molecule has 26 heavy (non-hydrogen) atoms. The third-order valence-corrected chi connectivity index (χ3v) is 4.89. The van der Waals surface area contributed by atoms with E-state index >= 15 is 0 Å². The third kappa shape index (κ3) is 5.04. The van der Waals surface area contributed by atoms with Crippen LogP contribution in [0.15, 0.2) is 12.1 Å². The second kappa shape index (κ2) is 10.3. The van der Waals surface area contributed by atoms with Crippen LogP contribution in [0.5, 0.6) is 17.2 Å². The van der Waals surface area contributed by atoms with Gasteiger partial charge in [0.25, 0.3) is 0 Å². The maximum Gasteiger partial charge on any atom is 0.223 e. The van der Waals surface area contributed by atoms with E-state index in [9.17, 15) is 4.79 Å². The molecule has 1 saturated heterocycles. The Labute approximate surface area is 156 Å². The minimum Gasteiger partial charge on any atom is -0.493 e. The van der Waals surface area contributed by atoms with Crippen LogP contribution in [0.1, 0.15) is 38.2 Å². The van der Waals surface area contributed by atoms with Crippen molar-refractivity contribution in [2.45, 2.75) is 45.1 Å². The van der Waals surface area contributed by atoms with Gasteiger partial charge in [-0.1, -0.05) is 6.92 Å². The van der Waals surface area contributed by atoms with E-state index in [1.54, 1.807) is 21.3 Å². The van der Waals surface area contributed by atoms with Crippen molar-refractivity contribution in [3.63, 3.8) is 0 Å². The molecule has 0 atom stereocenters. The molecule has 1 fully saturated rings. The Kier molecular flexibility index (Phi) is 8.04. The minimum absolute atomic E-state index is 0.229. The number of amides is 1. The molecule has 0 radical (unpaired) electrons. The van der Waals surface area contributed by atoms with Gasteiger partial charge in [-0.15, -0.1) is 0 Å². The van der Waals surface area contributed by atoms with Crippen LogP contribution in [-0.4, -0.2) is 57.8 Å². The van der Waals surface area contributed by atoms with E-state index in [4.69, 9.17) is 14.2 Å². The molecule has 1 amide bonds. The minimum atomic E-state index is 0.229. The first-order valence-corrected chi connectivity index (χ1v) is 9.43. The number of rotatable bonds is 9. The highest BCUT2D eigenvalue weighted by atomic mass is 16.5. The zero-order chi connectivity index (χ0) is 18.9. The molecule has 0 aliphatic carbocycles. The summed E-state index contributed by atoms with van der Waals surface area (Å²) < 4.78 is 16.2. The highest BCUT2D eigenvalue weighted by Gasteiger charge is 2.24. The first kappa shape index (κ1) is 20.4. The summed E-state index contributed by atoms with van der Waals surface area (Å²) >= 11 is 0. The number of methoxy groups -OCH3 is 3. The average Bonchev–Trinajstić information content (AvgIpc) is 2.69. The van der Waals surface area contributed by atoms with Crippen LogP contribution in [0.4, 0.5) is 0 Å². The molecule has 0 unspecified atom stereocenters. The lowest BCUT2D eigenvalue weighted by molar-refractivity contribution is -0.134. The molecule has 6 nitrogen and oxygen atoms in total. The molecule has 1 aromatic carbocycles. The maximum absolute atomic E-state index is 12.9. The van der Waals surface area contributed by atoms with Gasteiger partial charge in [0, 0.05) is 19.0 Å². The fraction of sp³-hybridized carbons (Fsp3) is 0.650. The highest BCUT2D eigenvalue weighted by Crippen LogP contribution is 2.38. The number of carbonyl (C=O) groups excluding carboxylic acids is 1. The molecule has 2 rings (SSSR count). The Balaban J connectivity index is 2.06. The van der Waals surface area contributed by atoms with Crippen LogP contribution in [0.25, 0.3) is 0 Å². The summed E-state index contributed by atoms with van der Waals surface area (Å²) in [5.41, 5.74) is 1.01. The fourth-order valence-electron chi connectivity index (χ4n) is 3.54. The van der Waals surface area contributed by atoms with Gasteiger partial charge < -0.3 is 24.4 Å². The summed E-state index contributed by atoms with van der Waals surface area (Å²) in [5, 5.41) is 3.37. The van der Waals surface area contributed by atoms with Gasteiger partial charge in [-0.25, -0.2) is 0 Å². The number of piperidine rings is 1. The second-order valence-electron chi connectivity index (χ2n) is 6.60. The van der Waals surface area contributed by atoms with Gasteiger partial charge in [-0.05, 0) is 56.5 Å². The Hall–Kier alpha value is -1.95. The lowest BCUT2D eigenvalue weighted by Gasteiger charge is -2.34. The standard InChI is InChI=1S/C20H32N2O4/c1-5-12-22(16-8-10-21-11-9-16)19(23)7-6-15-13-17(24-2)20(26-4)18(14-15)25-3/h13-14,16,21H,5-12H2,1-4H3. The number of carbonyl (C=O) groups is 1. The van der Waals surface area contributed by atoms with Crippen molar-refractivity contribution < 1.29 is 19.0 Å². The van der Waals surface area contributed by atoms with Crippen molar-refractivity contribution in [2.24, 2.45) is 0 Å². The number of hydrogen-bond donors (Lipinski definition) is 1. The van der Waals surface area contributed by atoms with Crippen LogP contribution in [0.2, 0.25) is 0 Å². The Morgan fingerprint density at radius 3 is 2.23 bits per heavy atom. The van der Waals surface area contributed by atoms with Gasteiger partial charge in [-0.2, -0.15) is 0 Å². The fourth-order valence-corrected chi connectivity index (χ4v) is 3.54. The second-order valence-corrected chi connectivity index (χ2v) is 6.60. The summed E-state index contributed by atoms with van der Waals surface area (Å²) in [6.07, 6.45) is 4.20. The Bertz CT molecular complexity index is 560. The van der Waals surface area contributed by atoms with Gasteiger partial charge >= 0.3 is 0 Å². The van der Waals surface area contributed by atoms with Gasteiger partial charge in [0.15, 0.2) is 11.5 Å². The van der Waals surface area contributed by atoms with Crippen LogP contribution >= 0.6 is 0 Å². The smallest absolute Gasteiger partial charge is 0.223 e. The van der Waals surface area contributed by atoms with E-state index in [-0.39, 0.29) is 5.91 Å². The van der Waals surface area contributed by atoms with Crippen molar-refractivity contribution in [3.05, 3.63) is 17.7 Å². The lowest BCUT2D eigenvalue weighted by Crippen LogP contribution is -2.46. The van der Waals surface area contributed by atoms with E-state index < -0.39 is 0 Å². The molecular weight excluding hydrogens is 332 g/mol. The van der Waals surface area contributed by atoms with Crippen molar-refractivity contribution in [2.75, 3.05) is 41.0 Å². The number of nitrogens with one attached hydrogen (secondary N) is 1. The van der Waals surface area contributed by atoms with E-state index in [1.807, 2.05) is 12.1 Å². The Morgan fingerprint density at radius 2 is 1.73 bits per heavy atom. The molecule has 1 N–H and O–H groups in total. The average molecular weight is 364 g/mol. The number of hydrogen-bond acceptors (Lipinski definition) is 5. The molecule has 0 spiro atoms. The van der Waals surface area contributed by atoms with E-state index in [1.165, 1.54) is 0 Å². The molecule has 146 valence electrons. The number of benzene rings is 1. The molecule has 0 aromatic heterocycles. The topological polar surface area (TPSA) is 60.0 Å². The van der Waals surface area contributed by atoms with Gasteiger partial charge in [-0.3, -0.25) is 4.79 Å². The molecule has 1 aliphatic rings. The van der Waals surface area contributed by atoms with Crippen molar-refractivity contribution >= 4 is 5.91 Å². The van der Waals surface area contributed by atoms with E-state index in [0.29, 0.717) is 36.1 Å². The van der Waals surface area contributed by atoms with Gasteiger partial charge in [0.1, 0.15) is 0 Å².